The van der Waals surface area contributed by atoms with Crippen LogP contribution in [0.25, 0.3) is 0 Å². The minimum atomic E-state index is -4.48. The van der Waals surface area contributed by atoms with Crippen LogP contribution in [0.15, 0.2) is 0 Å². The minimum absolute atomic E-state index is 0.0247. The molecule has 0 spiro atoms. The summed E-state index contributed by atoms with van der Waals surface area (Å²) in [6, 6.07) is 0. The molecule has 13 nitrogen and oxygen atoms in total. The Labute approximate surface area is 428 Å². The lowest BCUT2D eigenvalue weighted by Gasteiger charge is -2.24. The second-order valence-corrected chi connectivity index (χ2v) is 22.4. The van der Waals surface area contributed by atoms with Gasteiger partial charge in [-0.3, -0.25) is 28.2 Å². The molecule has 0 aromatic rings. The molecule has 414 valence electrons. The van der Waals surface area contributed by atoms with E-state index in [2.05, 4.69) is 27.7 Å². The molecule has 0 radical (unpaired) electrons. The van der Waals surface area contributed by atoms with E-state index in [0.29, 0.717) is 62.8 Å². The molecular weight excluding hydrogens is 910 g/mol. The zero-order valence-electron chi connectivity index (χ0n) is 46.3. The normalized spacial score (nSPS) is 13.1. The number of unbranched alkanes of at least 4 members (excludes halogenated alkanes) is 24. The van der Waals surface area contributed by atoms with Gasteiger partial charge in [0.05, 0.1) is 52.8 Å². The number of nitrogens with zero attached hydrogens (tertiary/aromatic N) is 1. The summed E-state index contributed by atoms with van der Waals surface area (Å²) in [6.45, 7) is 9.06. The number of carbonyl (C=O) groups excluding carboxylic acids is 4. The van der Waals surface area contributed by atoms with Crippen LogP contribution in [0.5, 0.6) is 0 Å². The van der Waals surface area contributed by atoms with Gasteiger partial charge in [0.1, 0.15) is 19.8 Å². The van der Waals surface area contributed by atoms with Gasteiger partial charge in [0, 0.05) is 12.8 Å². The summed E-state index contributed by atoms with van der Waals surface area (Å²) in [5, 5.41) is 0. The predicted molar refractivity (Wildman–Crippen MR) is 283 cm³/mol. The van der Waals surface area contributed by atoms with E-state index >= 15 is 0 Å². The smallest absolute Gasteiger partial charge is 0.465 e. The number of esters is 4. The fourth-order valence-electron chi connectivity index (χ4n) is 8.39. The second-order valence-electron chi connectivity index (χ2n) is 21.0. The van der Waals surface area contributed by atoms with Gasteiger partial charge in [-0.05, 0) is 64.2 Å². The number of ether oxygens (including phenoxy) is 4. The van der Waals surface area contributed by atoms with E-state index in [9.17, 15) is 28.6 Å². The standard InChI is InChI=1S/C56H108NO12P/c1-8-12-16-20-24-30-38-50(39-31-25-21-17-13-9-2)55(60)64-45-36-28-34-42-53(58)66-48-52(49-68-70(62,63)67-47-44-57(5,6)7)69-54(59)43-35-29-37-46-65-56(61)51(40-32-26-22-18-14-10-3)41-33-27-23-19-15-11-4/h50-52H,8-49H2,1-7H3/p+1/t52-/m0/s1. The monoisotopic (exact) mass is 1020 g/mol. The second kappa shape index (κ2) is 46.7. The molecule has 0 fully saturated rings. The maximum Gasteiger partial charge on any atom is 0.472 e. The Morgan fingerprint density at radius 1 is 0.429 bits per heavy atom. The molecule has 1 unspecified atom stereocenters. The van der Waals surface area contributed by atoms with Gasteiger partial charge in [-0.15, -0.1) is 0 Å². The quantitative estimate of drug-likeness (QED) is 0.0202. The van der Waals surface area contributed by atoms with Crippen LogP contribution in [0, 0.1) is 11.8 Å². The van der Waals surface area contributed by atoms with Gasteiger partial charge in [-0.2, -0.15) is 0 Å². The van der Waals surface area contributed by atoms with Crippen molar-refractivity contribution in [1.29, 1.82) is 0 Å². The van der Waals surface area contributed by atoms with Crippen LogP contribution < -0.4 is 0 Å². The summed E-state index contributed by atoms with van der Waals surface area (Å²) >= 11 is 0. The largest absolute Gasteiger partial charge is 0.472 e. The molecule has 0 aliphatic heterocycles. The van der Waals surface area contributed by atoms with Crippen molar-refractivity contribution in [2.45, 2.75) is 265 Å². The molecule has 0 amide bonds. The molecule has 14 heteroatoms. The Morgan fingerprint density at radius 2 is 0.786 bits per heavy atom. The van der Waals surface area contributed by atoms with E-state index in [1.807, 2.05) is 21.1 Å². The highest BCUT2D eigenvalue weighted by Crippen LogP contribution is 2.43. The molecule has 0 aliphatic carbocycles. The minimum Gasteiger partial charge on any atom is -0.465 e. The van der Waals surface area contributed by atoms with E-state index in [1.165, 1.54) is 103 Å². The Kier molecular flexibility index (Phi) is 45.3. The number of carbonyl (C=O) groups is 4. The Bertz CT molecular complexity index is 1280. The summed E-state index contributed by atoms with van der Waals surface area (Å²) < 4.78 is 46.0. The van der Waals surface area contributed by atoms with Crippen LogP contribution in [0.3, 0.4) is 0 Å². The highest BCUT2D eigenvalue weighted by molar-refractivity contribution is 7.47. The maximum atomic E-state index is 13.1. The molecule has 0 heterocycles. The molecule has 0 bridgehead atoms. The van der Waals surface area contributed by atoms with Crippen molar-refractivity contribution in [2.24, 2.45) is 11.8 Å². The Balaban J connectivity index is 5.01. The lowest BCUT2D eigenvalue weighted by atomic mass is 9.94. The highest BCUT2D eigenvalue weighted by atomic mass is 31.2. The average molecular weight is 1020 g/mol. The lowest BCUT2D eigenvalue weighted by Crippen LogP contribution is -2.37. The van der Waals surface area contributed by atoms with E-state index < -0.39 is 32.5 Å². The average Bonchev–Trinajstić information content (AvgIpc) is 3.31. The SMILES string of the molecule is CCCCCCCCC(CCCCCCCC)C(=O)OCCCCCC(=O)OC[C@@H](COP(=O)(O)OCC[N+](C)(C)C)OC(=O)CCCCCOC(=O)C(CCCCCCCC)CCCCCCCC. The van der Waals surface area contributed by atoms with Crippen LogP contribution in [0.4, 0.5) is 0 Å². The van der Waals surface area contributed by atoms with Gasteiger partial charge in [0.2, 0.25) is 0 Å². The molecule has 0 aliphatic rings. The van der Waals surface area contributed by atoms with Crippen LogP contribution in [0.1, 0.15) is 259 Å². The van der Waals surface area contributed by atoms with Crippen LogP contribution in [0.2, 0.25) is 0 Å². The number of phosphoric ester groups is 1. The zero-order chi connectivity index (χ0) is 52.0. The number of quaternary nitrogens is 1. The van der Waals surface area contributed by atoms with Crippen LogP contribution >= 0.6 is 7.82 Å². The summed E-state index contributed by atoms with van der Waals surface area (Å²) in [5.74, 6) is -1.39. The molecule has 70 heavy (non-hydrogen) atoms. The Morgan fingerprint density at radius 3 is 1.17 bits per heavy atom. The molecule has 1 N–H and O–H groups in total. The van der Waals surface area contributed by atoms with Crippen molar-refractivity contribution < 1.29 is 61.1 Å². The van der Waals surface area contributed by atoms with Crippen molar-refractivity contribution in [3.05, 3.63) is 0 Å². The van der Waals surface area contributed by atoms with Crippen molar-refractivity contribution in [2.75, 3.05) is 60.7 Å². The maximum absolute atomic E-state index is 13.1. The Hall–Kier alpha value is -2.05. The van der Waals surface area contributed by atoms with Gasteiger partial charge < -0.3 is 28.3 Å². The molecular formula is C56H109NO12P+. The summed E-state index contributed by atoms with van der Waals surface area (Å²) in [6.07, 6.45) is 34.7. The first-order valence-corrected chi connectivity index (χ1v) is 30.3. The molecule has 2 atom stereocenters. The highest BCUT2D eigenvalue weighted by Gasteiger charge is 2.27. The van der Waals surface area contributed by atoms with Crippen molar-refractivity contribution in [1.82, 2.24) is 0 Å². The van der Waals surface area contributed by atoms with Gasteiger partial charge in [0.25, 0.3) is 0 Å². The number of rotatable bonds is 52. The summed E-state index contributed by atoms with van der Waals surface area (Å²) in [5.41, 5.74) is 0. The van der Waals surface area contributed by atoms with Gasteiger partial charge in [-0.25, -0.2) is 4.57 Å². The molecule has 0 aromatic heterocycles. The third-order valence-corrected chi connectivity index (χ3v) is 14.0. The van der Waals surface area contributed by atoms with Crippen LogP contribution in [-0.4, -0.2) is 100 Å². The topological polar surface area (TPSA) is 161 Å². The first kappa shape index (κ1) is 68.0. The van der Waals surface area contributed by atoms with E-state index in [0.717, 1.165) is 77.0 Å². The molecule has 0 rings (SSSR count). The van der Waals surface area contributed by atoms with Crippen molar-refractivity contribution >= 4 is 31.7 Å². The summed E-state index contributed by atoms with van der Waals surface area (Å²) in [7, 11) is 1.29. The van der Waals surface area contributed by atoms with E-state index in [-0.39, 0.29) is 49.8 Å². The summed E-state index contributed by atoms with van der Waals surface area (Å²) in [4.78, 5) is 62.3. The molecule has 0 aromatic carbocycles. The van der Waals surface area contributed by atoms with Gasteiger partial charge in [-0.1, -0.05) is 182 Å². The molecule has 0 saturated heterocycles. The zero-order valence-corrected chi connectivity index (χ0v) is 47.2. The third-order valence-electron chi connectivity index (χ3n) is 13.0. The number of likely N-dealkylation sites (N-methyl/N-ethyl adjacent to an activating group) is 1. The first-order chi connectivity index (χ1) is 33.7. The van der Waals surface area contributed by atoms with Gasteiger partial charge >= 0.3 is 31.7 Å². The lowest BCUT2D eigenvalue weighted by molar-refractivity contribution is -0.870. The fourth-order valence-corrected chi connectivity index (χ4v) is 9.13. The van der Waals surface area contributed by atoms with Gasteiger partial charge in [0.15, 0.2) is 6.10 Å². The third kappa shape index (κ3) is 44.6. The fraction of sp³-hybridized carbons (Fsp3) is 0.929. The number of phosphoric acid groups is 1. The first-order valence-electron chi connectivity index (χ1n) is 28.8. The molecule has 0 saturated carbocycles. The van der Waals surface area contributed by atoms with E-state index in [4.69, 9.17) is 28.0 Å². The number of hydrogen-bond acceptors (Lipinski definition) is 11. The van der Waals surface area contributed by atoms with Crippen LogP contribution in [-0.2, 0) is 51.7 Å². The number of hydrogen-bond donors (Lipinski definition) is 1. The van der Waals surface area contributed by atoms with Crippen molar-refractivity contribution in [3.8, 4) is 0 Å². The predicted octanol–water partition coefficient (Wildman–Crippen LogP) is 14.7. The van der Waals surface area contributed by atoms with E-state index in [1.54, 1.807) is 0 Å². The van der Waals surface area contributed by atoms with Crippen molar-refractivity contribution in [3.63, 3.8) is 0 Å².